The number of aromatic amines is 2. The Morgan fingerprint density at radius 1 is 1.00 bits per heavy atom. The number of fused-ring (bicyclic) bond motifs is 1. The average Bonchev–Trinajstić information content (AvgIpc) is 2.77. The van der Waals surface area contributed by atoms with Crippen LogP contribution in [-0.2, 0) is 0 Å². The summed E-state index contributed by atoms with van der Waals surface area (Å²) in [4.78, 5) is 16.8. The zero-order valence-electron chi connectivity index (χ0n) is 10.3. The van der Waals surface area contributed by atoms with E-state index in [0.717, 1.165) is 31.1 Å². The van der Waals surface area contributed by atoms with Gasteiger partial charge in [-0.15, -0.1) is 0 Å². The van der Waals surface area contributed by atoms with Crippen LogP contribution in [0.3, 0.4) is 0 Å². The van der Waals surface area contributed by atoms with Gasteiger partial charge in [-0.1, -0.05) is 44.0 Å². The number of aromatic nitrogens is 2. The molecule has 1 unspecified atom stereocenters. The second kappa shape index (κ2) is 5.20. The van der Waals surface area contributed by atoms with E-state index in [1.807, 2.05) is 36.4 Å². The van der Waals surface area contributed by atoms with Crippen molar-refractivity contribution in [1.29, 1.82) is 0 Å². The van der Waals surface area contributed by atoms with Gasteiger partial charge in [0.2, 0.25) is 0 Å². The highest BCUT2D eigenvalue weighted by molar-refractivity contribution is 9.10. The molecular weight excluding hydrogens is 386 g/mol. The van der Waals surface area contributed by atoms with E-state index in [0.29, 0.717) is 0 Å². The Kier molecular flexibility index (Phi) is 3.54. The van der Waals surface area contributed by atoms with Gasteiger partial charge in [-0.2, -0.15) is 0 Å². The van der Waals surface area contributed by atoms with E-state index in [1.54, 1.807) is 0 Å². The van der Waals surface area contributed by atoms with Gasteiger partial charge in [-0.05, 0) is 35.4 Å². The normalized spacial score (nSPS) is 12.8. The van der Waals surface area contributed by atoms with Crippen molar-refractivity contribution in [3.8, 4) is 0 Å². The molecule has 0 aliphatic heterocycles. The van der Waals surface area contributed by atoms with Crippen molar-refractivity contribution >= 4 is 42.9 Å². The molecule has 0 aliphatic rings. The van der Waals surface area contributed by atoms with Crippen molar-refractivity contribution in [2.24, 2.45) is 5.73 Å². The molecule has 4 N–H and O–H groups in total. The lowest BCUT2D eigenvalue weighted by Gasteiger charge is -2.14. The molecule has 0 fully saturated rings. The highest BCUT2D eigenvalue weighted by atomic mass is 79.9. The molecule has 0 bridgehead atoms. The van der Waals surface area contributed by atoms with Gasteiger partial charge in [-0.3, -0.25) is 0 Å². The predicted octanol–water partition coefficient (Wildman–Crippen LogP) is 3.43. The van der Waals surface area contributed by atoms with Crippen LogP contribution < -0.4 is 11.4 Å². The lowest BCUT2D eigenvalue weighted by Crippen LogP contribution is -2.12. The van der Waals surface area contributed by atoms with Crippen molar-refractivity contribution in [3.63, 3.8) is 0 Å². The summed E-state index contributed by atoms with van der Waals surface area (Å²) in [5, 5.41) is 0. The largest absolute Gasteiger partial charge is 0.323 e. The standard InChI is InChI=1S/C14H11Br2N3O/c15-8-3-1-7(2-4-8)13(17)9-5-11-12(6-10(9)16)19-14(20)18-11/h1-6,13H,17H2,(H2,18,19,20). The molecule has 0 amide bonds. The first-order valence-corrected chi connectivity index (χ1v) is 7.55. The van der Waals surface area contributed by atoms with Crippen molar-refractivity contribution in [1.82, 2.24) is 9.97 Å². The van der Waals surface area contributed by atoms with Crippen LogP contribution >= 0.6 is 31.9 Å². The first-order valence-electron chi connectivity index (χ1n) is 5.97. The van der Waals surface area contributed by atoms with Crippen LogP contribution in [0.5, 0.6) is 0 Å². The number of benzene rings is 2. The summed E-state index contributed by atoms with van der Waals surface area (Å²) in [6, 6.07) is 11.4. The number of nitrogens with one attached hydrogen (secondary N) is 2. The molecule has 20 heavy (non-hydrogen) atoms. The third-order valence-corrected chi connectivity index (χ3v) is 4.41. The zero-order valence-corrected chi connectivity index (χ0v) is 13.5. The van der Waals surface area contributed by atoms with Crippen molar-refractivity contribution in [3.05, 3.63) is 67.0 Å². The van der Waals surface area contributed by atoms with Crippen LogP contribution in [0, 0.1) is 0 Å². The summed E-state index contributed by atoms with van der Waals surface area (Å²) in [5.74, 6) is 0. The SMILES string of the molecule is NC(c1ccc(Br)cc1)c1cc2[nH]c(=O)[nH]c2cc1Br. The Labute approximate surface area is 131 Å². The molecule has 1 atom stereocenters. The molecule has 102 valence electrons. The zero-order chi connectivity index (χ0) is 14.3. The number of hydrogen-bond acceptors (Lipinski definition) is 2. The summed E-state index contributed by atoms with van der Waals surface area (Å²) in [6.07, 6.45) is 0. The second-order valence-corrected chi connectivity index (χ2v) is 6.30. The maximum Gasteiger partial charge on any atom is 0.323 e. The van der Waals surface area contributed by atoms with Gasteiger partial charge in [0.15, 0.2) is 0 Å². The first-order chi connectivity index (χ1) is 9.54. The summed E-state index contributed by atoms with van der Waals surface area (Å²) >= 11 is 6.92. The first kappa shape index (κ1) is 13.6. The number of nitrogens with two attached hydrogens (primary N) is 1. The number of imidazole rings is 1. The summed E-state index contributed by atoms with van der Waals surface area (Å²) in [6.45, 7) is 0. The summed E-state index contributed by atoms with van der Waals surface area (Å²) < 4.78 is 1.88. The molecule has 4 nitrogen and oxygen atoms in total. The minimum Gasteiger partial charge on any atom is -0.320 e. The van der Waals surface area contributed by atoms with Gasteiger partial charge in [0.05, 0.1) is 17.1 Å². The number of halogens is 2. The van der Waals surface area contributed by atoms with Gasteiger partial charge in [0.1, 0.15) is 0 Å². The van der Waals surface area contributed by atoms with Crippen LogP contribution in [0.4, 0.5) is 0 Å². The lowest BCUT2D eigenvalue weighted by molar-refractivity contribution is 0.867. The molecule has 2 aromatic carbocycles. The number of H-pyrrole nitrogens is 2. The summed E-state index contributed by atoms with van der Waals surface area (Å²) in [7, 11) is 0. The quantitative estimate of drug-likeness (QED) is 0.620. The molecule has 0 saturated heterocycles. The Hall–Kier alpha value is -1.37. The molecule has 0 radical (unpaired) electrons. The van der Waals surface area contributed by atoms with Gasteiger partial charge in [0, 0.05) is 8.95 Å². The van der Waals surface area contributed by atoms with Gasteiger partial charge in [-0.25, -0.2) is 4.79 Å². The van der Waals surface area contributed by atoms with E-state index < -0.39 is 0 Å². The fourth-order valence-electron chi connectivity index (χ4n) is 2.16. The minimum absolute atomic E-state index is 0.221. The van der Waals surface area contributed by atoms with Gasteiger partial charge < -0.3 is 15.7 Å². The molecular formula is C14H11Br2N3O. The lowest BCUT2D eigenvalue weighted by atomic mass is 9.99. The average molecular weight is 397 g/mol. The number of hydrogen-bond donors (Lipinski definition) is 3. The Morgan fingerprint density at radius 2 is 1.60 bits per heavy atom. The van der Waals surface area contributed by atoms with E-state index in [1.165, 1.54) is 0 Å². The molecule has 0 aliphatic carbocycles. The van der Waals surface area contributed by atoms with E-state index in [2.05, 4.69) is 41.8 Å². The monoisotopic (exact) mass is 395 g/mol. The Balaban J connectivity index is 2.10. The molecule has 0 saturated carbocycles. The van der Waals surface area contributed by atoms with Crippen LogP contribution in [0.1, 0.15) is 17.2 Å². The predicted molar refractivity (Wildman–Crippen MR) is 86.8 cm³/mol. The second-order valence-electron chi connectivity index (χ2n) is 4.53. The third-order valence-electron chi connectivity index (χ3n) is 3.20. The van der Waals surface area contributed by atoms with Crippen molar-refractivity contribution in [2.75, 3.05) is 0 Å². The maximum absolute atomic E-state index is 11.3. The van der Waals surface area contributed by atoms with Crippen LogP contribution in [0.2, 0.25) is 0 Å². The van der Waals surface area contributed by atoms with Gasteiger partial charge in [0.25, 0.3) is 0 Å². The Bertz CT molecular complexity index is 821. The highest BCUT2D eigenvalue weighted by Gasteiger charge is 2.14. The van der Waals surface area contributed by atoms with Crippen LogP contribution in [0.15, 0.2) is 50.1 Å². The van der Waals surface area contributed by atoms with Crippen molar-refractivity contribution < 1.29 is 0 Å². The van der Waals surface area contributed by atoms with E-state index in [9.17, 15) is 4.79 Å². The maximum atomic E-state index is 11.3. The highest BCUT2D eigenvalue weighted by Crippen LogP contribution is 2.30. The molecule has 1 aromatic heterocycles. The van der Waals surface area contributed by atoms with E-state index >= 15 is 0 Å². The van der Waals surface area contributed by atoms with Gasteiger partial charge >= 0.3 is 5.69 Å². The summed E-state index contributed by atoms with van der Waals surface area (Å²) in [5.41, 5.74) is 9.54. The van der Waals surface area contributed by atoms with E-state index in [4.69, 9.17) is 5.73 Å². The minimum atomic E-state index is -0.264. The van der Waals surface area contributed by atoms with Crippen LogP contribution in [0.25, 0.3) is 11.0 Å². The Morgan fingerprint density at radius 3 is 2.25 bits per heavy atom. The third kappa shape index (κ3) is 2.46. The van der Waals surface area contributed by atoms with Crippen LogP contribution in [-0.4, -0.2) is 9.97 Å². The molecule has 6 heteroatoms. The molecule has 3 aromatic rings. The molecule has 1 heterocycles. The number of rotatable bonds is 2. The van der Waals surface area contributed by atoms with E-state index in [-0.39, 0.29) is 11.7 Å². The topological polar surface area (TPSA) is 74.7 Å². The van der Waals surface area contributed by atoms with Crippen molar-refractivity contribution in [2.45, 2.75) is 6.04 Å². The molecule has 0 spiro atoms. The fourth-order valence-corrected chi connectivity index (χ4v) is 3.02. The fraction of sp³-hybridized carbons (Fsp3) is 0.0714. The molecule has 3 rings (SSSR count). The smallest absolute Gasteiger partial charge is 0.320 e.